The maximum absolute atomic E-state index is 10.9. The van der Waals surface area contributed by atoms with Crippen molar-refractivity contribution < 1.29 is 15.0 Å². The summed E-state index contributed by atoms with van der Waals surface area (Å²) in [5, 5.41) is 18.8. The minimum absolute atomic E-state index is 0.0644. The van der Waals surface area contributed by atoms with Crippen LogP contribution < -0.4 is 0 Å². The molecule has 0 spiro atoms. The molecule has 0 saturated carbocycles. The van der Waals surface area contributed by atoms with Gasteiger partial charge in [-0.15, -0.1) is 0 Å². The van der Waals surface area contributed by atoms with Gasteiger partial charge in [-0.05, 0) is 34.7 Å². The molecule has 0 atom stereocenters. The van der Waals surface area contributed by atoms with Gasteiger partial charge in [0, 0.05) is 3.57 Å². The second-order valence-corrected chi connectivity index (χ2v) is 4.10. The summed E-state index contributed by atoms with van der Waals surface area (Å²) in [5.41, 5.74) is 0.310. The molecule has 0 saturated heterocycles. The average Bonchev–Trinajstić information content (AvgIpc) is 2.18. The van der Waals surface area contributed by atoms with Crippen LogP contribution in [0.15, 0.2) is 18.5 Å². The second-order valence-electron chi connectivity index (χ2n) is 2.85. The molecule has 0 aliphatic carbocycles. The molecule has 1 heterocycles. The van der Waals surface area contributed by atoms with Crippen LogP contribution >= 0.6 is 22.6 Å². The van der Waals surface area contributed by atoms with Crippen molar-refractivity contribution in [2.75, 3.05) is 0 Å². The first kappa shape index (κ1) is 10.1. The number of halogens is 1. The number of aromatic hydroxyl groups is 1. The van der Waals surface area contributed by atoms with Crippen LogP contribution in [-0.2, 0) is 0 Å². The minimum Gasteiger partial charge on any atom is -0.493 e. The van der Waals surface area contributed by atoms with Gasteiger partial charge < -0.3 is 10.2 Å². The van der Waals surface area contributed by atoms with Gasteiger partial charge in [-0.1, -0.05) is 0 Å². The quantitative estimate of drug-likeness (QED) is 0.782. The summed E-state index contributed by atoms with van der Waals surface area (Å²) in [6.45, 7) is 0. The lowest BCUT2D eigenvalue weighted by molar-refractivity contribution is 0.0699. The second kappa shape index (κ2) is 3.61. The highest BCUT2D eigenvalue weighted by atomic mass is 127. The van der Waals surface area contributed by atoms with E-state index < -0.39 is 5.97 Å². The van der Waals surface area contributed by atoms with Gasteiger partial charge in [-0.25, -0.2) is 14.8 Å². The number of hydrogen-bond acceptors (Lipinski definition) is 4. The lowest BCUT2D eigenvalue weighted by atomic mass is 10.1. The Kier molecular flexibility index (Phi) is 2.43. The summed E-state index contributed by atoms with van der Waals surface area (Å²) in [5.74, 6) is -1.28. The van der Waals surface area contributed by atoms with Gasteiger partial charge in [-0.2, -0.15) is 0 Å². The first-order valence-electron chi connectivity index (χ1n) is 3.96. The number of aromatic carboxylic acids is 1. The molecule has 2 rings (SSSR count). The van der Waals surface area contributed by atoms with Gasteiger partial charge in [0.25, 0.3) is 0 Å². The smallest absolute Gasteiger partial charge is 0.337 e. The Hall–Kier alpha value is -1.44. The molecule has 2 N–H and O–H groups in total. The van der Waals surface area contributed by atoms with Crippen LogP contribution in [0.5, 0.6) is 5.88 Å². The fourth-order valence-electron chi connectivity index (χ4n) is 1.28. The largest absolute Gasteiger partial charge is 0.493 e. The molecular weight excluding hydrogens is 311 g/mol. The van der Waals surface area contributed by atoms with Crippen molar-refractivity contribution in [3.63, 3.8) is 0 Å². The van der Waals surface area contributed by atoms with Crippen LogP contribution in [0, 0.1) is 3.57 Å². The Bertz CT molecular complexity index is 556. The maximum atomic E-state index is 10.9. The number of rotatable bonds is 1. The molecule has 0 radical (unpaired) electrons. The van der Waals surface area contributed by atoms with E-state index in [4.69, 9.17) is 5.11 Å². The molecule has 76 valence electrons. The number of carbonyl (C=O) groups is 1. The lowest BCUT2D eigenvalue weighted by Crippen LogP contribution is -2.00. The van der Waals surface area contributed by atoms with E-state index in [9.17, 15) is 9.90 Å². The van der Waals surface area contributed by atoms with Crippen LogP contribution in [-0.4, -0.2) is 26.2 Å². The number of aromatic nitrogens is 2. The standard InChI is InChI=1S/C9H5IN2O3/c10-4-1-5-7(6(2-4)9(14)15)11-3-12-8(5)13/h1-3H,(H,14,15)(H,11,12,13). The third-order valence-corrected chi connectivity index (χ3v) is 2.54. The normalized spacial score (nSPS) is 10.5. The first-order valence-corrected chi connectivity index (χ1v) is 5.04. The van der Waals surface area contributed by atoms with Gasteiger partial charge in [-0.3, -0.25) is 0 Å². The number of carboxylic acids is 1. The molecule has 0 fully saturated rings. The van der Waals surface area contributed by atoms with Gasteiger partial charge in [0.05, 0.1) is 16.5 Å². The monoisotopic (exact) mass is 316 g/mol. The predicted octanol–water partition coefficient (Wildman–Crippen LogP) is 1.64. The van der Waals surface area contributed by atoms with Crippen LogP contribution in [0.4, 0.5) is 0 Å². The fraction of sp³-hybridized carbons (Fsp3) is 0. The molecule has 2 aromatic rings. The molecule has 1 aromatic heterocycles. The van der Waals surface area contributed by atoms with Crippen molar-refractivity contribution in [1.29, 1.82) is 0 Å². The molecule has 0 bridgehead atoms. The van der Waals surface area contributed by atoms with E-state index in [0.29, 0.717) is 8.96 Å². The molecule has 6 heteroatoms. The van der Waals surface area contributed by atoms with E-state index in [0.717, 1.165) is 6.33 Å². The van der Waals surface area contributed by atoms with E-state index >= 15 is 0 Å². The Balaban J connectivity index is 2.92. The highest BCUT2D eigenvalue weighted by Gasteiger charge is 2.13. The van der Waals surface area contributed by atoms with Crippen molar-refractivity contribution in [3.05, 3.63) is 27.6 Å². The van der Waals surface area contributed by atoms with E-state index in [1.54, 1.807) is 6.07 Å². The summed E-state index contributed by atoms with van der Waals surface area (Å²) in [6, 6.07) is 3.13. The van der Waals surface area contributed by atoms with Crippen molar-refractivity contribution in [2.24, 2.45) is 0 Å². The third kappa shape index (κ3) is 1.72. The van der Waals surface area contributed by atoms with E-state index in [1.807, 2.05) is 22.6 Å². The minimum atomic E-state index is -1.07. The highest BCUT2D eigenvalue weighted by Crippen LogP contribution is 2.25. The number of benzene rings is 1. The number of carboxylic acid groups (broad SMARTS) is 1. The van der Waals surface area contributed by atoms with E-state index in [-0.39, 0.29) is 17.0 Å². The van der Waals surface area contributed by atoms with Crippen molar-refractivity contribution in [3.8, 4) is 5.88 Å². The number of fused-ring (bicyclic) bond motifs is 1. The molecule has 15 heavy (non-hydrogen) atoms. The van der Waals surface area contributed by atoms with Crippen molar-refractivity contribution >= 4 is 39.5 Å². The highest BCUT2D eigenvalue weighted by molar-refractivity contribution is 14.1. The Labute approximate surface area is 97.9 Å². The zero-order valence-electron chi connectivity index (χ0n) is 7.31. The summed E-state index contributed by atoms with van der Waals surface area (Å²) < 4.78 is 0.711. The summed E-state index contributed by atoms with van der Waals surface area (Å²) >= 11 is 1.97. The zero-order chi connectivity index (χ0) is 11.0. The number of hydrogen-bond donors (Lipinski definition) is 2. The van der Waals surface area contributed by atoms with Crippen LogP contribution in [0.2, 0.25) is 0 Å². The number of nitrogens with zero attached hydrogens (tertiary/aromatic N) is 2. The molecular formula is C9H5IN2O3. The molecule has 0 unspecified atom stereocenters. The van der Waals surface area contributed by atoms with Crippen LogP contribution in [0.1, 0.15) is 10.4 Å². The molecule has 1 aromatic carbocycles. The van der Waals surface area contributed by atoms with E-state index in [2.05, 4.69) is 9.97 Å². The first-order chi connectivity index (χ1) is 7.09. The Morgan fingerprint density at radius 1 is 1.33 bits per heavy atom. The Morgan fingerprint density at radius 2 is 2.07 bits per heavy atom. The topological polar surface area (TPSA) is 83.3 Å². The van der Waals surface area contributed by atoms with Gasteiger partial charge in [0.2, 0.25) is 5.88 Å². The average molecular weight is 316 g/mol. The van der Waals surface area contributed by atoms with E-state index in [1.165, 1.54) is 6.07 Å². The van der Waals surface area contributed by atoms with Crippen LogP contribution in [0.25, 0.3) is 10.9 Å². The zero-order valence-corrected chi connectivity index (χ0v) is 9.46. The maximum Gasteiger partial charge on any atom is 0.337 e. The molecule has 0 aliphatic heterocycles. The third-order valence-electron chi connectivity index (χ3n) is 1.91. The van der Waals surface area contributed by atoms with Crippen molar-refractivity contribution in [2.45, 2.75) is 0 Å². The van der Waals surface area contributed by atoms with Gasteiger partial charge >= 0.3 is 5.97 Å². The summed E-state index contributed by atoms with van der Waals surface area (Å²) in [4.78, 5) is 18.4. The molecule has 0 aliphatic rings. The molecule has 5 nitrogen and oxygen atoms in total. The lowest BCUT2D eigenvalue weighted by Gasteiger charge is -2.03. The predicted molar refractivity (Wildman–Crippen MR) is 60.9 cm³/mol. The summed E-state index contributed by atoms with van der Waals surface area (Å²) in [7, 11) is 0. The SMILES string of the molecule is O=C(O)c1cc(I)cc2c(O)ncnc12. The summed E-state index contributed by atoms with van der Waals surface area (Å²) in [6.07, 6.45) is 1.14. The van der Waals surface area contributed by atoms with Crippen LogP contribution in [0.3, 0.4) is 0 Å². The Morgan fingerprint density at radius 3 is 2.73 bits per heavy atom. The van der Waals surface area contributed by atoms with Gasteiger partial charge in [0.15, 0.2) is 0 Å². The van der Waals surface area contributed by atoms with Crippen molar-refractivity contribution in [1.82, 2.24) is 9.97 Å². The molecule has 0 amide bonds. The van der Waals surface area contributed by atoms with Gasteiger partial charge in [0.1, 0.15) is 6.33 Å². The fourth-order valence-corrected chi connectivity index (χ4v) is 1.91.